The van der Waals surface area contributed by atoms with Crippen LogP contribution >= 0.6 is 0 Å². The standard InChI is InChI=1S/C14H20N2O3/c1-16-11-4-14(17,5-12(16)9-19-8-11)10-3-13(18-2)7-15-6-10/h3,6-7,11-12,17H,4-5,8-9H2,1-2H3. The van der Waals surface area contributed by atoms with Crippen LogP contribution in [0.5, 0.6) is 5.75 Å². The number of methoxy groups -OCH3 is 1. The summed E-state index contributed by atoms with van der Waals surface area (Å²) in [5.74, 6) is 0.686. The number of ether oxygens (including phenoxy) is 2. The molecular weight excluding hydrogens is 244 g/mol. The van der Waals surface area contributed by atoms with Gasteiger partial charge in [-0.25, -0.2) is 0 Å². The van der Waals surface area contributed by atoms with E-state index in [4.69, 9.17) is 9.47 Å². The molecule has 2 bridgehead atoms. The zero-order chi connectivity index (χ0) is 13.5. The normalized spacial score (nSPS) is 35.1. The van der Waals surface area contributed by atoms with Crippen molar-refractivity contribution < 1.29 is 14.6 Å². The number of pyridine rings is 1. The number of morpholine rings is 1. The summed E-state index contributed by atoms with van der Waals surface area (Å²) in [5, 5.41) is 11.0. The topological polar surface area (TPSA) is 54.8 Å². The molecule has 2 atom stereocenters. The SMILES string of the molecule is COc1cncc(C2(O)CC3COCC(C2)N3C)c1. The Morgan fingerprint density at radius 3 is 2.68 bits per heavy atom. The smallest absolute Gasteiger partial charge is 0.137 e. The second-order valence-electron chi connectivity index (χ2n) is 5.56. The van der Waals surface area contributed by atoms with Gasteiger partial charge in [0.25, 0.3) is 0 Å². The number of aliphatic hydroxyl groups is 1. The molecule has 0 amide bonds. The lowest BCUT2D eigenvalue weighted by molar-refractivity contribution is -0.137. The fourth-order valence-corrected chi connectivity index (χ4v) is 3.16. The molecule has 0 aliphatic carbocycles. The molecule has 3 rings (SSSR count). The highest BCUT2D eigenvalue weighted by molar-refractivity contribution is 5.29. The van der Waals surface area contributed by atoms with Crippen molar-refractivity contribution in [2.24, 2.45) is 0 Å². The second kappa shape index (κ2) is 4.74. The number of piperidine rings is 1. The summed E-state index contributed by atoms with van der Waals surface area (Å²) in [6, 6.07) is 2.42. The first-order valence-corrected chi connectivity index (χ1v) is 6.64. The summed E-state index contributed by atoms with van der Waals surface area (Å²) in [5.41, 5.74) is 0.0181. The molecule has 5 heteroatoms. The van der Waals surface area contributed by atoms with Crippen molar-refractivity contribution in [2.75, 3.05) is 27.4 Å². The Balaban J connectivity index is 1.90. The van der Waals surface area contributed by atoms with E-state index in [1.165, 1.54) is 0 Å². The molecule has 2 fully saturated rings. The average molecular weight is 264 g/mol. The number of hydrogen-bond donors (Lipinski definition) is 1. The van der Waals surface area contributed by atoms with Crippen molar-refractivity contribution in [1.82, 2.24) is 9.88 Å². The maximum Gasteiger partial charge on any atom is 0.137 e. The average Bonchev–Trinajstić information content (AvgIpc) is 2.41. The Bertz CT molecular complexity index is 452. The number of hydrogen-bond acceptors (Lipinski definition) is 5. The summed E-state index contributed by atoms with van der Waals surface area (Å²) in [7, 11) is 3.73. The Morgan fingerprint density at radius 1 is 1.37 bits per heavy atom. The molecule has 1 N–H and O–H groups in total. The lowest BCUT2D eigenvalue weighted by Gasteiger charge is -2.50. The summed E-state index contributed by atoms with van der Waals surface area (Å²) >= 11 is 0. The molecule has 1 aromatic heterocycles. The van der Waals surface area contributed by atoms with Crippen LogP contribution in [-0.2, 0) is 10.3 Å². The van der Waals surface area contributed by atoms with E-state index in [-0.39, 0.29) is 12.1 Å². The van der Waals surface area contributed by atoms with Crippen molar-refractivity contribution in [2.45, 2.75) is 30.5 Å². The Morgan fingerprint density at radius 2 is 2.05 bits per heavy atom. The first-order chi connectivity index (χ1) is 9.12. The molecule has 19 heavy (non-hydrogen) atoms. The van der Waals surface area contributed by atoms with Gasteiger partial charge in [0.1, 0.15) is 5.75 Å². The van der Waals surface area contributed by atoms with Crippen LogP contribution in [-0.4, -0.2) is 54.4 Å². The first-order valence-electron chi connectivity index (χ1n) is 6.64. The van der Waals surface area contributed by atoms with E-state index in [1.54, 1.807) is 19.5 Å². The second-order valence-corrected chi connectivity index (χ2v) is 5.56. The molecule has 3 heterocycles. The molecule has 2 unspecified atom stereocenters. The molecule has 5 nitrogen and oxygen atoms in total. The number of likely N-dealkylation sites (N-methyl/N-ethyl adjacent to an activating group) is 1. The maximum atomic E-state index is 11.0. The highest BCUT2D eigenvalue weighted by atomic mass is 16.5. The fourth-order valence-electron chi connectivity index (χ4n) is 3.16. The fraction of sp³-hybridized carbons (Fsp3) is 0.643. The molecule has 2 aliphatic heterocycles. The van der Waals surface area contributed by atoms with E-state index in [0.29, 0.717) is 31.8 Å². The van der Waals surface area contributed by atoms with E-state index in [2.05, 4.69) is 16.9 Å². The van der Waals surface area contributed by atoms with Gasteiger partial charge in [0.2, 0.25) is 0 Å². The van der Waals surface area contributed by atoms with Gasteiger partial charge in [-0.15, -0.1) is 0 Å². The van der Waals surface area contributed by atoms with Gasteiger partial charge in [0.15, 0.2) is 0 Å². The van der Waals surface area contributed by atoms with Crippen molar-refractivity contribution in [3.63, 3.8) is 0 Å². The van der Waals surface area contributed by atoms with E-state index in [1.807, 2.05) is 6.07 Å². The van der Waals surface area contributed by atoms with Crippen LogP contribution in [0.2, 0.25) is 0 Å². The van der Waals surface area contributed by atoms with Crippen LogP contribution in [0.25, 0.3) is 0 Å². The molecule has 0 saturated carbocycles. The van der Waals surface area contributed by atoms with E-state index in [0.717, 1.165) is 5.56 Å². The number of nitrogens with zero attached hydrogens (tertiary/aromatic N) is 2. The van der Waals surface area contributed by atoms with Crippen molar-refractivity contribution in [1.29, 1.82) is 0 Å². The summed E-state index contributed by atoms with van der Waals surface area (Å²) < 4.78 is 10.8. The molecule has 2 saturated heterocycles. The minimum atomic E-state index is -0.826. The molecule has 1 aromatic rings. The van der Waals surface area contributed by atoms with Gasteiger partial charge < -0.3 is 14.6 Å². The largest absolute Gasteiger partial charge is 0.495 e. The Kier molecular flexibility index (Phi) is 3.20. The molecule has 2 aliphatic rings. The van der Waals surface area contributed by atoms with E-state index < -0.39 is 5.60 Å². The van der Waals surface area contributed by atoms with Crippen LogP contribution in [0.15, 0.2) is 18.5 Å². The number of fused-ring (bicyclic) bond motifs is 2. The quantitative estimate of drug-likeness (QED) is 0.855. The van der Waals surface area contributed by atoms with E-state index in [9.17, 15) is 5.11 Å². The molecule has 0 radical (unpaired) electrons. The monoisotopic (exact) mass is 264 g/mol. The van der Waals surface area contributed by atoms with Crippen LogP contribution < -0.4 is 4.74 Å². The van der Waals surface area contributed by atoms with Crippen molar-refractivity contribution >= 4 is 0 Å². The van der Waals surface area contributed by atoms with Gasteiger partial charge in [0.05, 0.1) is 32.1 Å². The molecule has 104 valence electrons. The van der Waals surface area contributed by atoms with Gasteiger partial charge in [-0.1, -0.05) is 0 Å². The van der Waals surface area contributed by atoms with Crippen LogP contribution in [0.4, 0.5) is 0 Å². The Labute approximate surface area is 113 Å². The van der Waals surface area contributed by atoms with Gasteiger partial charge in [-0.05, 0) is 26.0 Å². The third-order valence-corrected chi connectivity index (χ3v) is 4.41. The highest BCUT2D eigenvalue weighted by Gasteiger charge is 2.45. The summed E-state index contributed by atoms with van der Waals surface area (Å²) in [6.45, 7) is 1.37. The zero-order valence-corrected chi connectivity index (χ0v) is 11.4. The summed E-state index contributed by atoms with van der Waals surface area (Å²) in [4.78, 5) is 6.48. The van der Waals surface area contributed by atoms with Gasteiger partial charge in [-0.3, -0.25) is 9.88 Å². The predicted molar refractivity (Wildman–Crippen MR) is 70.1 cm³/mol. The highest BCUT2D eigenvalue weighted by Crippen LogP contribution is 2.40. The third kappa shape index (κ3) is 2.22. The van der Waals surface area contributed by atoms with Gasteiger partial charge in [-0.2, -0.15) is 0 Å². The van der Waals surface area contributed by atoms with Gasteiger partial charge >= 0.3 is 0 Å². The molecule has 0 spiro atoms. The van der Waals surface area contributed by atoms with Crippen LogP contribution in [0, 0.1) is 0 Å². The maximum absolute atomic E-state index is 11.0. The van der Waals surface area contributed by atoms with Crippen LogP contribution in [0.1, 0.15) is 18.4 Å². The lowest BCUT2D eigenvalue weighted by Crippen LogP contribution is -2.59. The number of rotatable bonds is 2. The summed E-state index contributed by atoms with van der Waals surface area (Å²) in [6.07, 6.45) is 4.75. The number of aromatic nitrogens is 1. The molecular formula is C14H20N2O3. The predicted octanol–water partition coefficient (Wildman–Crippen LogP) is 0.771. The first kappa shape index (κ1) is 12.8. The third-order valence-electron chi connectivity index (χ3n) is 4.41. The molecule has 0 aromatic carbocycles. The van der Waals surface area contributed by atoms with E-state index >= 15 is 0 Å². The minimum absolute atomic E-state index is 0.267. The Hall–Kier alpha value is -1.17. The minimum Gasteiger partial charge on any atom is -0.495 e. The van der Waals surface area contributed by atoms with Gasteiger partial charge in [0, 0.05) is 23.8 Å². The zero-order valence-electron chi connectivity index (χ0n) is 11.4. The van der Waals surface area contributed by atoms with Crippen molar-refractivity contribution in [3.8, 4) is 5.75 Å². The lowest BCUT2D eigenvalue weighted by atomic mass is 9.77. The van der Waals surface area contributed by atoms with Crippen molar-refractivity contribution in [3.05, 3.63) is 24.0 Å². The van der Waals surface area contributed by atoms with Crippen LogP contribution in [0.3, 0.4) is 0 Å².